The summed E-state index contributed by atoms with van der Waals surface area (Å²) in [5, 5.41) is 10.2. The number of rotatable bonds is 4. The zero-order chi connectivity index (χ0) is 14.4. The highest BCUT2D eigenvalue weighted by molar-refractivity contribution is 5.27. The second kappa shape index (κ2) is 4.63. The summed E-state index contributed by atoms with van der Waals surface area (Å²) in [5.74, 6) is 0.237. The van der Waals surface area contributed by atoms with E-state index in [4.69, 9.17) is 0 Å². The van der Waals surface area contributed by atoms with Crippen molar-refractivity contribution < 1.29 is 23.0 Å². The number of hydrogen-bond donors (Lipinski definition) is 1. The molecule has 2 fully saturated rings. The predicted octanol–water partition coefficient (Wildman–Crippen LogP) is 2.54. The molecule has 0 atom stereocenters. The van der Waals surface area contributed by atoms with Crippen molar-refractivity contribution in [3.8, 4) is 5.75 Å². The Balaban J connectivity index is 1.52. The third kappa shape index (κ3) is 3.07. The molecule has 2 aliphatic rings. The monoisotopic (exact) mass is 287 g/mol. The van der Waals surface area contributed by atoms with Crippen LogP contribution in [0.15, 0.2) is 24.3 Å². The summed E-state index contributed by atoms with van der Waals surface area (Å²) in [7, 11) is 0. The zero-order valence-corrected chi connectivity index (χ0v) is 10.9. The average Bonchev–Trinajstić information content (AvgIpc) is 3.11. The van der Waals surface area contributed by atoms with Gasteiger partial charge in [0.2, 0.25) is 0 Å². The van der Waals surface area contributed by atoms with Gasteiger partial charge in [0, 0.05) is 19.6 Å². The van der Waals surface area contributed by atoms with Crippen LogP contribution in [0.3, 0.4) is 0 Å². The molecule has 1 aliphatic carbocycles. The van der Waals surface area contributed by atoms with Crippen molar-refractivity contribution in [1.82, 2.24) is 4.90 Å². The molecule has 1 aromatic carbocycles. The van der Waals surface area contributed by atoms with Gasteiger partial charge in [-0.15, -0.1) is 13.2 Å². The van der Waals surface area contributed by atoms with Gasteiger partial charge >= 0.3 is 6.36 Å². The lowest BCUT2D eigenvalue weighted by atomic mass is 9.88. The number of alkyl halides is 3. The van der Waals surface area contributed by atoms with Crippen molar-refractivity contribution in [3.05, 3.63) is 29.8 Å². The topological polar surface area (TPSA) is 32.7 Å². The van der Waals surface area contributed by atoms with E-state index in [-0.39, 0.29) is 5.75 Å². The predicted molar refractivity (Wildman–Crippen MR) is 66.1 cm³/mol. The molecule has 0 unspecified atom stereocenters. The van der Waals surface area contributed by atoms with Crippen LogP contribution in [0.25, 0.3) is 0 Å². The van der Waals surface area contributed by atoms with Crippen LogP contribution in [-0.2, 0) is 6.54 Å². The molecule has 1 N–H and O–H groups in total. The van der Waals surface area contributed by atoms with Crippen molar-refractivity contribution in [2.45, 2.75) is 31.3 Å². The van der Waals surface area contributed by atoms with Gasteiger partial charge in [0.15, 0.2) is 0 Å². The molecule has 0 spiro atoms. The van der Waals surface area contributed by atoms with Crippen LogP contribution < -0.4 is 4.74 Å². The Bertz CT molecular complexity index is 476. The Labute approximate surface area is 115 Å². The fraction of sp³-hybridized carbons (Fsp3) is 0.571. The van der Waals surface area contributed by atoms with Gasteiger partial charge in [-0.05, 0) is 36.5 Å². The van der Waals surface area contributed by atoms with Crippen molar-refractivity contribution >= 4 is 0 Å². The molecule has 0 aromatic heterocycles. The average molecular weight is 287 g/mol. The number of aliphatic hydroxyl groups is 1. The zero-order valence-electron chi connectivity index (χ0n) is 10.9. The van der Waals surface area contributed by atoms with Crippen LogP contribution in [0.5, 0.6) is 5.75 Å². The Kier molecular flexibility index (Phi) is 3.17. The summed E-state index contributed by atoms with van der Waals surface area (Å²) in [5.41, 5.74) is 0.386. The van der Waals surface area contributed by atoms with E-state index in [1.165, 1.54) is 12.1 Å². The number of halogens is 3. The molecule has 1 aliphatic heterocycles. The lowest BCUT2D eigenvalue weighted by molar-refractivity contribution is -0.274. The number of nitrogens with zero attached hydrogens (tertiary/aromatic N) is 1. The van der Waals surface area contributed by atoms with E-state index >= 15 is 0 Å². The maximum Gasteiger partial charge on any atom is 0.573 e. The first kappa shape index (κ1) is 13.7. The second-order valence-corrected chi connectivity index (χ2v) is 5.71. The van der Waals surface area contributed by atoms with Crippen LogP contribution in [-0.4, -0.2) is 35.1 Å². The number of hydrogen-bond acceptors (Lipinski definition) is 3. The van der Waals surface area contributed by atoms with Crippen molar-refractivity contribution in [1.29, 1.82) is 0 Å². The number of ether oxygens (including phenoxy) is 1. The van der Waals surface area contributed by atoms with Gasteiger partial charge in [-0.2, -0.15) is 0 Å². The Morgan fingerprint density at radius 3 is 2.30 bits per heavy atom. The summed E-state index contributed by atoms with van der Waals surface area (Å²) >= 11 is 0. The summed E-state index contributed by atoms with van der Waals surface area (Å²) in [6.07, 6.45) is -2.44. The van der Waals surface area contributed by atoms with Gasteiger partial charge in [-0.25, -0.2) is 0 Å². The maximum atomic E-state index is 12.0. The Morgan fingerprint density at radius 1 is 1.20 bits per heavy atom. The minimum absolute atomic E-state index is 0.209. The minimum Gasteiger partial charge on any atom is -0.406 e. The van der Waals surface area contributed by atoms with Gasteiger partial charge < -0.3 is 9.84 Å². The van der Waals surface area contributed by atoms with Crippen molar-refractivity contribution in [3.63, 3.8) is 0 Å². The van der Waals surface area contributed by atoms with E-state index in [9.17, 15) is 18.3 Å². The molecule has 1 heterocycles. The molecular weight excluding hydrogens is 271 g/mol. The van der Waals surface area contributed by atoms with Crippen LogP contribution >= 0.6 is 0 Å². The number of benzene rings is 1. The summed E-state index contributed by atoms with van der Waals surface area (Å²) in [6.45, 7) is 1.94. The van der Waals surface area contributed by atoms with Gasteiger partial charge in [-0.3, -0.25) is 4.90 Å². The quantitative estimate of drug-likeness (QED) is 0.923. The first-order valence-electron chi connectivity index (χ1n) is 6.63. The molecule has 3 rings (SSSR count). The molecule has 0 amide bonds. The lowest BCUT2D eigenvalue weighted by Gasteiger charge is -2.47. The molecule has 1 aromatic rings. The Morgan fingerprint density at radius 2 is 1.80 bits per heavy atom. The normalized spacial score (nSPS) is 22.4. The van der Waals surface area contributed by atoms with Crippen LogP contribution in [0.4, 0.5) is 13.2 Å². The molecular formula is C14H16F3NO2. The highest BCUT2D eigenvalue weighted by atomic mass is 19.4. The SMILES string of the molecule is OC1(C2CC2)CN(Cc2ccc(OC(F)(F)F)cc2)C1. The van der Waals surface area contributed by atoms with E-state index in [1.54, 1.807) is 12.1 Å². The van der Waals surface area contributed by atoms with Gasteiger partial charge in [-0.1, -0.05) is 12.1 Å². The third-order valence-electron chi connectivity index (χ3n) is 3.90. The maximum absolute atomic E-state index is 12.0. The largest absolute Gasteiger partial charge is 0.573 e. The molecule has 0 bridgehead atoms. The summed E-state index contributed by atoms with van der Waals surface area (Å²) in [4.78, 5) is 2.10. The molecule has 3 nitrogen and oxygen atoms in total. The van der Waals surface area contributed by atoms with E-state index in [2.05, 4.69) is 9.64 Å². The third-order valence-corrected chi connectivity index (χ3v) is 3.90. The Hall–Kier alpha value is -1.27. The first-order chi connectivity index (χ1) is 9.34. The van der Waals surface area contributed by atoms with E-state index in [0.29, 0.717) is 25.6 Å². The lowest BCUT2D eigenvalue weighted by Crippen LogP contribution is -2.62. The van der Waals surface area contributed by atoms with Crippen molar-refractivity contribution in [2.75, 3.05) is 13.1 Å². The van der Waals surface area contributed by atoms with Gasteiger partial charge in [0.05, 0.1) is 5.60 Å². The number of β-amino-alcohol motifs (C(OH)–C–C–N with tert-alkyl or cyclic N) is 1. The van der Waals surface area contributed by atoms with Gasteiger partial charge in [0.25, 0.3) is 0 Å². The van der Waals surface area contributed by atoms with Crippen LogP contribution in [0.1, 0.15) is 18.4 Å². The second-order valence-electron chi connectivity index (χ2n) is 5.71. The molecule has 6 heteroatoms. The molecule has 1 saturated carbocycles. The highest BCUT2D eigenvalue weighted by Crippen LogP contribution is 2.44. The van der Waals surface area contributed by atoms with E-state index in [0.717, 1.165) is 18.4 Å². The molecule has 110 valence electrons. The summed E-state index contributed by atoms with van der Waals surface area (Å²) in [6, 6.07) is 5.87. The van der Waals surface area contributed by atoms with Crippen LogP contribution in [0, 0.1) is 5.92 Å². The molecule has 0 radical (unpaired) electrons. The van der Waals surface area contributed by atoms with Crippen molar-refractivity contribution in [2.24, 2.45) is 5.92 Å². The molecule has 20 heavy (non-hydrogen) atoms. The first-order valence-corrected chi connectivity index (χ1v) is 6.63. The van der Waals surface area contributed by atoms with Gasteiger partial charge in [0.1, 0.15) is 5.75 Å². The van der Waals surface area contributed by atoms with E-state index in [1.807, 2.05) is 0 Å². The minimum atomic E-state index is -4.65. The highest BCUT2D eigenvalue weighted by Gasteiger charge is 2.51. The number of likely N-dealkylation sites (tertiary alicyclic amines) is 1. The fourth-order valence-corrected chi connectivity index (χ4v) is 2.77. The summed E-state index contributed by atoms with van der Waals surface area (Å²) < 4.78 is 39.9. The molecule has 1 saturated heterocycles. The van der Waals surface area contributed by atoms with Crippen LogP contribution in [0.2, 0.25) is 0 Å². The fourth-order valence-electron chi connectivity index (χ4n) is 2.77. The van der Waals surface area contributed by atoms with E-state index < -0.39 is 12.0 Å². The smallest absolute Gasteiger partial charge is 0.406 e. The standard InChI is InChI=1S/C14H16F3NO2/c15-14(16,17)20-12-5-1-10(2-6-12)7-18-8-13(19,9-18)11-3-4-11/h1-2,5-6,11,19H,3-4,7-9H2.